The number of furan rings is 1. The molecule has 6 heteroatoms. The Morgan fingerprint density at radius 2 is 1.88 bits per heavy atom. The second-order valence-electron chi connectivity index (χ2n) is 5.99. The van der Waals surface area contributed by atoms with E-state index < -0.39 is 0 Å². The summed E-state index contributed by atoms with van der Waals surface area (Å²) >= 11 is 0. The summed E-state index contributed by atoms with van der Waals surface area (Å²) in [6.07, 6.45) is 4.28. The van der Waals surface area contributed by atoms with E-state index in [0.717, 1.165) is 44.2 Å². The number of carbonyl (C=O) groups is 2. The fraction of sp³-hybridized carbons (Fsp3) is 0.444. The summed E-state index contributed by atoms with van der Waals surface area (Å²) in [5.41, 5.74) is 1.02. The largest absolute Gasteiger partial charge is 0.449 e. The number of amides is 2. The minimum Gasteiger partial charge on any atom is -0.449 e. The summed E-state index contributed by atoms with van der Waals surface area (Å²) in [6.45, 7) is 1.37. The zero-order chi connectivity index (χ0) is 16.9. The number of nitrogens with one attached hydrogen (secondary N) is 1. The summed E-state index contributed by atoms with van der Waals surface area (Å²) < 4.78 is 10.6. The van der Waals surface area contributed by atoms with E-state index in [0.29, 0.717) is 11.3 Å². The predicted octanol–water partition coefficient (Wildman–Crippen LogP) is 3.03. The van der Waals surface area contributed by atoms with Gasteiger partial charge in [0, 0.05) is 25.6 Å². The lowest BCUT2D eigenvalue weighted by atomic mass is 10.2. The molecule has 0 aliphatic carbocycles. The third kappa shape index (κ3) is 3.43. The van der Waals surface area contributed by atoms with Crippen LogP contribution in [-0.4, -0.2) is 43.5 Å². The molecule has 1 aliphatic heterocycles. The maximum Gasteiger partial charge on any atom is 0.291 e. The van der Waals surface area contributed by atoms with Gasteiger partial charge in [-0.1, -0.05) is 25.0 Å². The second kappa shape index (κ2) is 7.49. The first-order valence-electron chi connectivity index (χ1n) is 8.30. The first-order valence-corrected chi connectivity index (χ1v) is 8.30. The maximum absolute atomic E-state index is 12.9. The number of methoxy groups -OCH3 is 1. The summed E-state index contributed by atoms with van der Waals surface area (Å²) in [5.74, 6) is -0.280. The minimum atomic E-state index is -0.311. The zero-order valence-electron chi connectivity index (χ0n) is 13.8. The first kappa shape index (κ1) is 16.5. The summed E-state index contributed by atoms with van der Waals surface area (Å²) in [5, 5.41) is 3.49. The fourth-order valence-corrected chi connectivity index (χ4v) is 3.04. The van der Waals surface area contributed by atoms with E-state index in [4.69, 9.17) is 9.15 Å². The number of ether oxygens (including phenoxy) is 1. The Hall–Kier alpha value is -2.34. The van der Waals surface area contributed by atoms with E-state index in [2.05, 4.69) is 5.32 Å². The summed E-state index contributed by atoms with van der Waals surface area (Å²) in [7, 11) is 1.45. The van der Waals surface area contributed by atoms with Crippen molar-refractivity contribution in [2.75, 3.05) is 32.1 Å². The van der Waals surface area contributed by atoms with Crippen molar-refractivity contribution in [1.82, 2.24) is 4.90 Å². The number of anilines is 1. The molecule has 6 nitrogen and oxygen atoms in total. The Kier molecular flexibility index (Phi) is 5.15. The van der Waals surface area contributed by atoms with Crippen molar-refractivity contribution in [2.45, 2.75) is 25.7 Å². The zero-order valence-corrected chi connectivity index (χ0v) is 13.8. The molecule has 1 fully saturated rings. The fourth-order valence-electron chi connectivity index (χ4n) is 3.04. The molecular weight excluding hydrogens is 308 g/mol. The molecule has 2 amide bonds. The third-order valence-corrected chi connectivity index (χ3v) is 4.22. The van der Waals surface area contributed by atoms with Crippen LogP contribution in [0.1, 0.15) is 36.2 Å². The number of hydrogen-bond donors (Lipinski definition) is 1. The number of rotatable bonds is 4. The van der Waals surface area contributed by atoms with E-state index >= 15 is 0 Å². The first-order chi connectivity index (χ1) is 11.7. The van der Waals surface area contributed by atoms with Crippen molar-refractivity contribution in [3.05, 3.63) is 30.0 Å². The molecule has 0 unspecified atom stereocenters. The van der Waals surface area contributed by atoms with Gasteiger partial charge in [0.05, 0.1) is 0 Å². The van der Waals surface area contributed by atoms with Crippen LogP contribution in [0.3, 0.4) is 0 Å². The van der Waals surface area contributed by atoms with Gasteiger partial charge >= 0.3 is 0 Å². The van der Waals surface area contributed by atoms with E-state index in [9.17, 15) is 9.59 Å². The van der Waals surface area contributed by atoms with Gasteiger partial charge in [0.2, 0.25) is 11.7 Å². The van der Waals surface area contributed by atoms with Crippen molar-refractivity contribution >= 4 is 28.5 Å². The Morgan fingerprint density at radius 3 is 2.58 bits per heavy atom. The lowest BCUT2D eigenvalue weighted by Crippen LogP contribution is -2.32. The van der Waals surface area contributed by atoms with Crippen molar-refractivity contribution in [3.8, 4) is 0 Å². The Balaban J connectivity index is 1.96. The molecule has 1 saturated heterocycles. The van der Waals surface area contributed by atoms with Crippen molar-refractivity contribution < 1.29 is 18.7 Å². The number of carbonyl (C=O) groups excluding carboxylic acids is 2. The van der Waals surface area contributed by atoms with Crippen LogP contribution in [0.15, 0.2) is 28.7 Å². The van der Waals surface area contributed by atoms with Gasteiger partial charge in [-0.05, 0) is 25.0 Å². The lowest BCUT2D eigenvalue weighted by Gasteiger charge is -2.19. The number of likely N-dealkylation sites (tertiary alicyclic amines) is 1. The Bertz CT molecular complexity index is 730. The highest BCUT2D eigenvalue weighted by atomic mass is 16.5. The van der Waals surface area contributed by atoms with Crippen LogP contribution in [0.5, 0.6) is 0 Å². The number of nitrogens with zero attached hydrogens (tertiary/aromatic N) is 1. The average Bonchev–Trinajstić information content (AvgIpc) is 2.76. The molecule has 0 spiro atoms. The third-order valence-electron chi connectivity index (χ3n) is 4.22. The number of para-hydroxylation sites is 1. The minimum absolute atomic E-state index is 0.0726. The van der Waals surface area contributed by atoms with Gasteiger partial charge in [0.15, 0.2) is 0 Å². The maximum atomic E-state index is 12.9. The monoisotopic (exact) mass is 330 g/mol. The van der Waals surface area contributed by atoms with Crippen LogP contribution in [0.2, 0.25) is 0 Å². The predicted molar refractivity (Wildman–Crippen MR) is 91.1 cm³/mol. The molecule has 1 N–H and O–H groups in total. The smallest absolute Gasteiger partial charge is 0.291 e. The van der Waals surface area contributed by atoms with Crippen LogP contribution >= 0.6 is 0 Å². The van der Waals surface area contributed by atoms with Gasteiger partial charge in [0.25, 0.3) is 5.91 Å². The highest BCUT2D eigenvalue weighted by Crippen LogP contribution is 2.32. The van der Waals surface area contributed by atoms with Crippen LogP contribution in [0, 0.1) is 0 Å². The average molecular weight is 330 g/mol. The number of hydrogen-bond acceptors (Lipinski definition) is 4. The molecular formula is C18H22N2O4. The van der Waals surface area contributed by atoms with Gasteiger partial charge in [-0.3, -0.25) is 9.59 Å². The van der Waals surface area contributed by atoms with Gasteiger partial charge in [-0.2, -0.15) is 0 Å². The van der Waals surface area contributed by atoms with Gasteiger partial charge in [-0.15, -0.1) is 0 Å². The van der Waals surface area contributed by atoms with E-state index in [1.165, 1.54) is 7.11 Å². The molecule has 0 bridgehead atoms. The van der Waals surface area contributed by atoms with E-state index in [1.54, 1.807) is 6.07 Å². The number of fused-ring (bicyclic) bond motifs is 1. The molecule has 0 saturated carbocycles. The highest BCUT2D eigenvalue weighted by molar-refractivity contribution is 6.11. The van der Waals surface area contributed by atoms with Gasteiger partial charge < -0.3 is 19.4 Å². The molecule has 3 rings (SSSR count). The van der Waals surface area contributed by atoms with Crippen LogP contribution < -0.4 is 5.32 Å². The highest BCUT2D eigenvalue weighted by Gasteiger charge is 2.26. The molecule has 1 aromatic heterocycles. The molecule has 24 heavy (non-hydrogen) atoms. The Labute approximate surface area is 140 Å². The van der Waals surface area contributed by atoms with Crippen molar-refractivity contribution in [2.24, 2.45) is 0 Å². The molecule has 2 aromatic rings. The molecule has 0 atom stereocenters. The summed E-state index contributed by atoms with van der Waals surface area (Å²) in [4.78, 5) is 26.7. The molecule has 2 heterocycles. The molecule has 1 aromatic carbocycles. The quantitative estimate of drug-likeness (QED) is 0.935. The Morgan fingerprint density at radius 1 is 1.17 bits per heavy atom. The van der Waals surface area contributed by atoms with Crippen LogP contribution in [-0.2, 0) is 9.53 Å². The lowest BCUT2D eigenvalue weighted by molar-refractivity contribution is -0.119. The van der Waals surface area contributed by atoms with Crippen LogP contribution in [0.25, 0.3) is 11.0 Å². The van der Waals surface area contributed by atoms with E-state index in [1.807, 2.05) is 23.1 Å². The summed E-state index contributed by atoms with van der Waals surface area (Å²) in [6, 6.07) is 7.32. The van der Waals surface area contributed by atoms with Gasteiger partial charge in [-0.25, -0.2) is 0 Å². The SMILES string of the molecule is COCC(=O)Nc1c(C(=O)N2CCCCCC2)oc2ccccc12. The topological polar surface area (TPSA) is 71.8 Å². The van der Waals surface area contributed by atoms with Crippen molar-refractivity contribution in [1.29, 1.82) is 0 Å². The molecule has 0 radical (unpaired) electrons. The van der Waals surface area contributed by atoms with Gasteiger partial charge in [0.1, 0.15) is 17.9 Å². The second-order valence-corrected chi connectivity index (χ2v) is 5.99. The van der Waals surface area contributed by atoms with E-state index in [-0.39, 0.29) is 24.2 Å². The normalized spacial score (nSPS) is 15.3. The molecule has 128 valence electrons. The molecule has 1 aliphatic rings. The van der Waals surface area contributed by atoms with Crippen molar-refractivity contribution in [3.63, 3.8) is 0 Å². The standard InChI is InChI=1S/C18H22N2O4/c1-23-12-15(21)19-16-13-8-4-5-9-14(13)24-17(16)18(22)20-10-6-2-3-7-11-20/h4-5,8-9H,2-3,6-7,10-12H2,1H3,(H,19,21). The number of benzene rings is 1. The van der Waals surface area contributed by atoms with Crippen LogP contribution in [0.4, 0.5) is 5.69 Å².